The third-order valence-corrected chi connectivity index (χ3v) is 4.39. The molecule has 0 radical (unpaired) electrons. The first-order chi connectivity index (χ1) is 13.5. The van der Waals surface area contributed by atoms with E-state index in [0.29, 0.717) is 24.3 Å². The van der Waals surface area contributed by atoms with E-state index in [-0.39, 0.29) is 5.91 Å². The molecule has 2 aromatic rings. The van der Waals surface area contributed by atoms with Crippen molar-refractivity contribution in [2.24, 2.45) is 0 Å². The molecule has 0 aliphatic heterocycles. The van der Waals surface area contributed by atoms with Gasteiger partial charge in [0.2, 0.25) is 0 Å². The normalized spacial score (nSPS) is 10.2. The average Bonchev–Trinajstić information content (AvgIpc) is 2.70. The number of anilines is 1. The quantitative estimate of drug-likeness (QED) is 0.485. The second-order valence-corrected chi connectivity index (χ2v) is 6.57. The minimum absolute atomic E-state index is 0.304. The Morgan fingerprint density at radius 1 is 0.857 bits per heavy atom. The maximum absolute atomic E-state index is 12.6. The van der Waals surface area contributed by atoms with Crippen LogP contribution in [0.5, 0.6) is 0 Å². The Morgan fingerprint density at radius 2 is 1.57 bits per heavy atom. The van der Waals surface area contributed by atoms with Crippen LogP contribution in [0, 0.1) is 6.92 Å². The van der Waals surface area contributed by atoms with E-state index in [0.717, 1.165) is 30.4 Å². The summed E-state index contributed by atoms with van der Waals surface area (Å²) in [5.41, 5.74) is 2.72. The van der Waals surface area contributed by atoms with Crippen LogP contribution < -0.4 is 16.0 Å². The standard InChI is InChI=1S/C22H27N3O3/c1-3-4-9-14-23-21(27)22(28)25-19-13-8-7-12-18(19)20(26)24-15-17-11-6-5-10-16(17)2/h5-8,10-13H,3-4,9,14-15H2,1-2H3,(H,23,27)(H,24,26)(H,25,28). The summed E-state index contributed by atoms with van der Waals surface area (Å²) >= 11 is 0. The van der Waals surface area contributed by atoms with Gasteiger partial charge in [-0.05, 0) is 36.6 Å². The SMILES string of the molecule is CCCCCNC(=O)C(=O)Nc1ccccc1C(=O)NCc1ccccc1C. The van der Waals surface area contributed by atoms with Crippen molar-refractivity contribution < 1.29 is 14.4 Å². The van der Waals surface area contributed by atoms with Crippen LogP contribution >= 0.6 is 0 Å². The molecule has 0 heterocycles. The van der Waals surface area contributed by atoms with Gasteiger partial charge in [-0.1, -0.05) is 56.2 Å². The molecule has 0 bridgehead atoms. The van der Waals surface area contributed by atoms with E-state index in [1.807, 2.05) is 31.2 Å². The lowest BCUT2D eigenvalue weighted by atomic mass is 10.1. The highest BCUT2D eigenvalue weighted by atomic mass is 16.2. The van der Waals surface area contributed by atoms with Crippen molar-refractivity contribution in [1.29, 1.82) is 0 Å². The van der Waals surface area contributed by atoms with Crippen molar-refractivity contribution in [1.82, 2.24) is 10.6 Å². The van der Waals surface area contributed by atoms with Gasteiger partial charge >= 0.3 is 11.8 Å². The number of rotatable bonds is 8. The molecule has 0 unspecified atom stereocenters. The number of unbranched alkanes of at least 4 members (excludes halogenated alkanes) is 2. The van der Waals surface area contributed by atoms with Gasteiger partial charge < -0.3 is 16.0 Å². The zero-order valence-corrected chi connectivity index (χ0v) is 16.4. The fourth-order valence-corrected chi connectivity index (χ4v) is 2.71. The molecule has 0 atom stereocenters. The lowest BCUT2D eigenvalue weighted by molar-refractivity contribution is -0.136. The Labute approximate surface area is 165 Å². The molecule has 0 spiro atoms. The van der Waals surface area contributed by atoms with Crippen LogP contribution in [0.2, 0.25) is 0 Å². The van der Waals surface area contributed by atoms with E-state index < -0.39 is 11.8 Å². The Balaban J connectivity index is 1.97. The van der Waals surface area contributed by atoms with Gasteiger partial charge in [-0.3, -0.25) is 14.4 Å². The van der Waals surface area contributed by atoms with Crippen molar-refractivity contribution >= 4 is 23.4 Å². The van der Waals surface area contributed by atoms with E-state index in [1.54, 1.807) is 24.3 Å². The van der Waals surface area contributed by atoms with Crippen LogP contribution in [0.15, 0.2) is 48.5 Å². The fourth-order valence-electron chi connectivity index (χ4n) is 2.71. The number of hydrogen-bond donors (Lipinski definition) is 3. The van der Waals surface area contributed by atoms with E-state index in [1.165, 1.54) is 0 Å². The highest BCUT2D eigenvalue weighted by Crippen LogP contribution is 2.15. The summed E-state index contributed by atoms with van der Waals surface area (Å²) in [6.45, 7) is 4.88. The smallest absolute Gasteiger partial charge is 0.313 e. The maximum Gasteiger partial charge on any atom is 0.313 e. The molecule has 3 N–H and O–H groups in total. The summed E-state index contributed by atoms with van der Waals surface area (Å²) < 4.78 is 0. The largest absolute Gasteiger partial charge is 0.348 e. The summed E-state index contributed by atoms with van der Waals surface area (Å²) in [6, 6.07) is 14.4. The van der Waals surface area contributed by atoms with Crippen molar-refractivity contribution in [3.8, 4) is 0 Å². The lowest BCUT2D eigenvalue weighted by Crippen LogP contribution is -2.36. The van der Waals surface area contributed by atoms with Gasteiger partial charge in [0, 0.05) is 13.1 Å². The van der Waals surface area contributed by atoms with Crippen LogP contribution in [-0.4, -0.2) is 24.3 Å². The Bertz CT molecular complexity index is 833. The first-order valence-corrected chi connectivity index (χ1v) is 9.53. The molecular weight excluding hydrogens is 354 g/mol. The molecule has 0 aliphatic carbocycles. The highest BCUT2D eigenvalue weighted by Gasteiger charge is 2.17. The van der Waals surface area contributed by atoms with Gasteiger partial charge in [-0.15, -0.1) is 0 Å². The van der Waals surface area contributed by atoms with Crippen LogP contribution in [0.4, 0.5) is 5.69 Å². The number of hydrogen-bond acceptors (Lipinski definition) is 3. The van der Waals surface area contributed by atoms with Gasteiger partial charge in [0.05, 0.1) is 11.3 Å². The maximum atomic E-state index is 12.6. The van der Waals surface area contributed by atoms with E-state index >= 15 is 0 Å². The summed E-state index contributed by atoms with van der Waals surface area (Å²) in [6.07, 6.45) is 2.85. The van der Waals surface area contributed by atoms with Gasteiger partial charge in [-0.2, -0.15) is 0 Å². The number of nitrogens with one attached hydrogen (secondary N) is 3. The zero-order valence-electron chi connectivity index (χ0n) is 16.4. The number of amides is 3. The van der Waals surface area contributed by atoms with Gasteiger partial charge in [-0.25, -0.2) is 0 Å². The minimum atomic E-state index is -0.782. The summed E-state index contributed by atoms with van der Waals surface area (Å²) in [5, 5.41) is 7.97. The van der Waals surface area contributed by atoms with Gasteiger partial charge in [0.1, 0.15) is 0 Å². The molecule has 28 heavy (non-hydrogen) atoms. The third-order valence-electron chi connectivity index (χ3n) is 4.39. The molecule has 2 aromatic carbocycles. The van der Waals surface area contributed by atoms with Crippen molar-refractivity contribution in [3.05, 3.63) is 65.2 Å². The zero-order chi connectivity index (χ0) is 20.4. The third kappa shape index (κ3) is 6.23. The Kier molecular flexibility index (Phi) is 8.21. The van der Waals surface area contributed by atoms with Gasteiger partial charge in [0.15, 0.2) is 0 Å². The van der Waals surface area contributed by atoms with Crippen LogP contribution in [-0.2, 0) is 16.1 Å². The second kappa shape index (κ2) is 10.9. The predicted molar refractivity (Wildman–Crippen MR) is 110 cm³/mol. The van der Waals surface area contributed by atoms with Crippen LogP contribution in [0.3, 0.4) is 0 Å². The molecule has 0 aliphatic rings. The average molecular weight is 381 g/mol. The topological polar surface area (TPSA) is 87.3 Å². The fraction of sp³-hybridized carbons (Fsp3) is 0.318. The lowest BCUT2D eigenvalue weighted by Gasteiger charge is -2.12. The number of para-hydroxylation sites is 1. The molecule has 3 amide bonds. The minimum Gasteiger partial charge on any atom is -0.348 e. The number of benzene rings is 2. The van der Waals surface area contributed by atoms with Crippen molar-refractivity contribution in [2.75, 3.05) is 11.9 Å². The Morgan fingerprint density at radius 3 is 2.32 bits per heavy atom. The molecule has 0 saturated heterocycles. The molecule has 2 rings (SSSR count). The number of aryl methyl sites for hydroxylation is 1. The monoisotopic (exact) mass is 381 g/mol. The molecule has 0 aromatic heterocycles. The Hall–Kier alpha value is -3.15. The van der Waals surface area contributed by atoms with Gasteiger partial charge in [0.25, 0.3) is 5.91 Å². The predicted octanol–water partition coefficient (Wildman–Crippen LogP) is 3.17. The molecule has 148 valence electrons. The molecule has 0 saturated carbocycles. The first-order valence-electron chi connectivity index (χ1n) is 9.53. The molecule has 0 fully saturated rings. The summed E-state index contributed by atoms with van der Waals surface area (Å²) in [7, 11) is 0. The second-order valence-electron chi connectivity index (χ2n) is 6.57. The number of carbonyl (C=O) groups is 3. The summed E-state index contributed by atoms with van der Waals surface area (Å²) in [4.78, 5) is 36.6. The highest BCUT2D eigenvalue weighted by molar-refractivity contribution is 6.40. The molecular formula is C22H27N3O3. The van der Waals surface area contributed by atoms with Crippen LogP contribution in [0.1, 0.15) is 47.7 Å². The molecule has 6 heteroatoms. The van der Waals surface area contributed by atoms with E-state index in [2.05, 4.69) is 22.9 Å². The molecule has 6 nitrogen and oxygen atoms in total. The van der Waals surface area contributed by atoms with Crippen molar-refractivity contribution in [2.45, 2.75) is 39.7 Å². The number of carbonyl (C=O) groups excluding carboxylic acids is 3. The van der Waals surface area contributed by atoms with E-state index in [9.17, 15) is 14.4 Å². The van der Waals surface area contributed by atoms with Crippen LogP contribution in [0.25, 0.3) is 0 Å². The summed E-state index contributed by atoms with van der Waals surface area (Å²) in [5.74, 6) is -1.80. The van der Waals surface area contributed by atoms with E-state index in [4.69, 9.17) is 0 Å². The first kappa shape index (κ1) is 21.2. The van der Waals surface area contributed by atoms with Crippen molar-refractivity contribution in [3.63, 3.8) is 0 Å².